The van der Waals surface area contributed by atoms with Crippen LogP contribution in [0.4, 0.5) is 0 Å². The molecule has 0 heterocycles. The molecular formula is C25H27N3O2S. The SMILES string of the molecule is CC(C)NC(=S)NN=Cc1ccc(OCc2ccccc2)c(OCc2ccccc2)c1. The van der Waals surface area contributed by atoms with Crippen LogP contribution in [0.2, 0.25) is 0 Å². The van der Waals surface area contributed by atoms with Gasteiger partial charge in [0.15, 0.2) is 16.6 Å². The Hall–Kier alpha value is -3.38. The predicted molar refractivity (Wildman–Crippen MR) is 130 cm³/mol. The van der Waals surface area contributed by atoms with Crippen molar-refractivity contribution in [2.45, 2.75) is 33.1 Å². The lowest BCUT2D eigenvalue weighted by Gasteiger charge is -2.14. The third-order valence-corrected chi connectivity index (χ3v) is 4.45. The fourth-order valence-corrected chi connectivity index (χ4v) is 3.06. The lowest BCUT2D eigenvalue weighted by molar-refractivity contribution is 0.256. The number of nitrogens with zero attached hydrogens (tertiary/aromatic N) is 1. The summed E-state index contributed by atoms with van der Waals surface area (Å²) >= 11 is 5.19. The molecule has 6 heteroatoms. The molecule has 0 spiro atoms. The van der Waals surface area contributed by atoms with E-state index in [1.54, 1.807) is 6.21 Å². The Labute approximate surface area is 189 Å². The molecule has 0 unspecified atom stereocenters. The van der Waals surface area contributed by atoms with Gasteiger partial charge in [0.1, 0.15) is 13.2 Å². The maximum absolute atomic E-state index is 6.09. The Morgan fingerprint density at radius 1 is 0.871 bits per heavy atom. The monoisotopic (exact) mass is 433 g/mol. The second kappa shape index (κ2) is 11.7. The van der Waals surface area contributed by atoms with Crippen LogP contribution in [0.1, 0.15) is 30.5 Å². The summed E-state index contributed by atoms with van der Waals surface area (Å²) in [5.74, 6) is 1.34. The van der Waals surface area contributed by atoms with Crippen LogP contribution in [0.15, 0.2) is 84.0 Å². The van der Waals surface area contributed by atoms with Gasteiger partial charge in [0.25, 0.3) is 0 Å². The quantitative estimate of drug-likeness (QED) is 0.281. The van der Waals surface area contributed by atoms with Crippen molar-refractivity contribution in [1.82, 2.24) is 10.7 Å². The molecule has 0 aliphatic rings. The molecule has 0 atom stereocenters. The average Bonchev–Trinajstić information content (AvgIpc) is 2.78. The smallest absolute Gasteiger partial charge is 0.187 e. The van der Waals surface area contributed by atoms with Crippen molar-refractivity contribution in [2.75, 3.05) is 0 Å². The number of rotatable bonds is 9. The second-order valence-electron chi connectivity index (χ2n) is 7.25. The first-order valence-electron chi connectivity index (χ1n) is 10.2. The number of nitrogens with one attached hydrogen (secondary N) is 2. The summed E-state index contributed by atoms with van der Waals surface area (Å²) in [6, 6.07) is 26.1. The van der Waals surface area contributed by atoms with E-state index in [0.717, 1.165) is 16.7 Å². The highest BCUT2D eigenvalue weighted by molar-refractivity contribution is 7.80. The van der Waals surface area contributed by atoms with Crippen molar-refractivity contribution < 1.29 is 9.47 Å². The highest BCUT2D eigenvalue weighted by atomic mass is 32.1. The lowest BCUT2D eigenvalue weighted by atomic mass is 10.2. The van der Waals surface area contributed by atoms with E-state index in [-0.39, 0.29) is 6.04 Å². The molecule has 2 N–H and O–H groups in total. The van der Waals surface area contributed by atoms with E-state index >= 15 is 0 Å². The maximum atomic E-state index is 6.09. The zero-order valence-electron chi connectivity index (χ0n) is 17.7. The number of hydrogen-bond acceptors (Lipinski definition) is 4. The zero-order chi connectivity index (χ0) is 21.9. The first-order chi connectivity index (χ1) is 15.1. The van der Waals surface area contributed by atoms with Gasteiger partial charge in [-0.3, -0.25) is 5.43 Å². The topological polar surface area (TPSA) is 54.9 Å². The van der Waals surface area contributed by atoms with Gasteiger partial charge in [-0.05, 0) is 61.0 Å². The molecule has 0 aliphatic heterocycles. The standard InChI is InChI=1S/C25H27N3O2S/c1-19(2)27-25(31)28-26-16-22-13-14-23(29-17-20-9-5-3-6-10-20)24(15-22)30-18-21-11-7-4-8-12-21/h3-16,19H,17-18H2,1-2H3,(H2,27,28,31). The van der Waals surface area contributed by atoms with Crippen LogP contribution in [0.5, 0.6) is 11.5 Å². The molecule has 31 heavy (non-hydrogen) atoms. The summed E-state index contributed by atoms with van der Waals surface area (Å²) in [5.41, 5.74) is 5.87. The average molecular weight is 434 g/mol. The zero-order valence-corrected chi connectivity index (χ0v) is 18.6. The minimum absolute atomic E-state index is 0.245. The molecule has 3 aromatic rings. The summed E-state index contributed by atoms with van der Waals surface area (Å²) in [6.45, 7) is 4.95. The summed E-state index contributed by atoms with van der Waals surface area (Å²) in [6.07, 6.45) is 1.70. The summed E-state index contributed by atoms with van der Waals surface area (Å²) in [5, 5.41) is 7.77. The molecule has 0 amide bonds. The third kappa shape index (κ3) is 7.75. The molecule has 0 aliphatic carbocycles. The fourth-order valence-electron chi connectivity index (χ4n) is 2.77. The van der Waals surface area contributed by atoms with Gasteiger partial charge in [-0.25, -0.2) is 0 Å². The summed E-state index contributed by atoms with van der Waals surface area (Å²) in [4.78, 5) is 0. The summed E-state index contributed by atoms with van der Waals surface area (Å²) in [7, 11) is 0. The van der Waals surface area contributed by atoms with E-state index in [1.165, 1.54) is 0 Å². The van der Waals surface area contributed by atoms with Gasteiger partial charge >= 0.3 is 0 Å². The Balaban J connectivity index is 1.71. The fraction of sp³-hybridized carbons (Fsp3) is 0.200. The van der Waals surface area contributed by atoms with Gasteiger partial charge < -0.3 is 14.8 Å². The van der Waals surface area contributed by atoms with Crippen LogP contribution < -0.4 is 20.2 Å². The van der Waals surface area contributed by atoms with Crippen LogP contribution in [-0.2, 0) is 13.2 Å². The van der Waals surface area contributed by atoms with Crippen molar-refractivity contribution >= 4 is 23.5 Å². The largest absolute Gasteiger partial charge is 0.485 e. The van der Waals surface area contributed by atoms with Crippen LogP contribution in [0.3, 0.4) is 0 Å². The Morgan fingerprint density at radius 2 is 1.45 bits per heavy atom. The van der Waals surface area contributed by atoms with E-state index in [1.807, 2.05) is 92.7 Å². The summed E-state index contributed by atoms with van der Waals surface area (Å²) < 4.78 is 12.1. The van der Waals surface area contributed by atoms with Gasteiger partial charge in [0, 0.05) is 6.04 Å². The van der Waals surface area contributed by atoms with Crippen molar-refractivity contribution in [2.24, 2.45) is 5.10 Å². The number of thiocarbonyl (C=S) groups is 1. The molecule has 5 nitrogen and oxygen atoms in total. The van der Waals surface area contributed by atoms with Gasteiger partial charge in [0.05, 0.1) is 6.21 Å². The van der Waals surface area contributed by atoms with Crippen LogP contribution in [0, 0.1) is 0 Å². The number of hydrogen-bond donors (Lipinski definition) is 2. The van der Waals surface area contributed by atoms with Gasteiger partial charge in [0.2, 0.25) is 0 Å². The van der Waals surface area contributed by atoms with Crippen LogP contribution in [0.25, 0.3) is 0 Å². The minimum atomic E-state index is 0.245. The molecule has 0 saturated carbocycles. The third-order valence-electron chi connectivity index (χ3n) is 4.24. The molecule has 160 valence electrons. The molecule has 3 aromatic carbocycles. The van der Waals surface area contributed by atoms with E-state index in [4.69, 9.17) is 21.7 Å². The number of benzene rings is 3. The second-order valence-corrected chi connectivity index (χ2v) is 7.66. The van der Waals surface area contributed by atoms with Crippen molar-refractivity contribution in [1.29, 1.82) is 0 Å². The van der Waals surface area contributed by atoms with Crippen LogP contribution >= 0.6 is 12.2 Å². The molecular weight excluding hydrogens is 406 g/mol. The van der Waals surface area contributed by atoms with E-state index < -0.39 is 0 Å². The highest BCUT2D eigenvalue weighted by Crippen LogP contribution is 2.29. The van der Waals surface area contributed by atoms with Gasteiger partial charge in [-0.1, -0.05) is 60.7 Å². The molecule has 0 fully saturated rings. The first-order valence-corrected chi connectivity index (χ1v) is 10.6. The van der Waals surface area contributed by atoms with Crippen molar-refractivity contribution in [3.8, 4) is 11.5 Å². The molecule has 0 radical (unpaired) electrons. The van der Waals surface area contributed by atoms with Crippen molar-refractivity contribution in [3.63, 3.8) is 0 Å². The predicted octanol–water partition coefficient (Wildman–Crippen LogP) is 5.05. The number of ether oxygens (including phenoxy) is 2. The Bertz CT molecular complexity index is 992. The highest BCUT2D eigenvalue weighted by Gasteiger charge is 2.08. The minimum Gasteiger partial charge on any atom is -0.485 e. The Morgan fingerprint density at radius 3 is 2.03 bits per heavy atom. The van der Waals surface area contributed by atoms with E-state index in [2.05, 4.69) is 15.8 Å². The van der Waals surface area contributed by atoms with Crippen LogP contribution in [-0.4, -0.2) is 17.4 Å². The van der Waals surface area contributed by atoms with Gasteiger partial charge in [-0.15, -0.1) is 0 Å². The lowest BCUT2D eigenvalue weighted by Crippen LogP contribution is -2.36. The normalized spacial score (nSPS) is 10.8. The molecule has 0 saturated heterocycles. The van der Waals surface area contributed by atoms with E-state index in [9.17, 15) is 0 Å². The van der Waals surface area contributed by atoms with Crippen molar-refractivity contribution in [3.05, 3.63) is 95.6 Å². The molecule has 0 bridgehead atoms. The molecule has 0 aromatic heterocycles. The van der Waals surface area contributed by atoms with E-state index in [0.29, 0.717) is 29.8 Å². The van der Waals surface area contributed by atoms with Gasteiger partial charge in [-0.2, -0.15) is 5.10 Å². The molecule has 3 rings (SSSR count). The Kier molecular flexibility index (Phi) is 8.43. The number of hydrazone groups is 1. The first kappa shape index (κ1) is 22.3. The maximum Gasteiger partial charge on any atom is 0.187 e.